The van der Waals surface area contributed by atoms with Crippen LogP contribution in [-0.4, -0.2) is 7.11 Å². The van der Waals surface area contributed by atoms with E-state index >= 15 is 0 Å². The molecule has 1 aromatic carbocycles. The summed E-state index contributed by atoms with van der Waals surface area (Å²) in [6, 6.07) is 3.35. The molecule has 0 radical (unpaired) electrons. The van der Waals surface area contributed by atoms with Gasteiger partial charge in [-0.3, -0.25) is 0 Å². The van der Waals surface area contributed by atoms with Crippen LogP contribution in [0.2, 0.25) is 0 Å². The first kappa shape index (κ1) is 8.53. The van der Waals surface area contributed by atoms with Crippen LogP contribution in [0.1, 0.15) is 5.56 Å². The van der Waals surface area contributed by atoms with E-state index in [-0.39, 0.29) is 11.6 Å². The van der Waals surface area contributed by atoms with E-state index in [4.69, 9.17) is 4.74 Å². The molecule has 0 spiro atoms. The van der Waals surface area contributed by atoms with Crippen molar-refractivity contribution in [1.82, 2.24) is 0 Å². The maximum absolute atomic E-state index is 13.1. The van der Waals surface area contributed by atoms with Gasteiger partial charge in [0.05, 0.1) is 7.11 Å². The van der Waals surface area contributed by atoms with Crippen molar-refractivity contribution in [2.45, 2.75) is 6.92 Å². The molecule has 0 unspecified atom stereocenters. The molecule has 3 heteroatoms. The minimum absolute atomic E-state index is 0.283. The van der Waals surface area contributed by atoms with Gasteiger partial charge in [0.25, 0.3) is 0 Å². The van der Waals surface area contributed by atoms with E-state index < -0.39 is 0 Å². The number of benzene rings is 1. The normalized spacial score (nSPS) is 9.82. The monoisotopic (exact) mass is 218 g/mol. The van der Waals surface area contributed by atoms with Gasteiger partial charge >= 0.3 is 0 Å². The Morgan fingerprint density at radius 2 is 2.09 bits per heavy atom. The van der Waals surface area contributed by atoms with Crippen LogP contribution < -0.4 is 4.74 Å². The molecule has 0 fully saturated rings. The van der Waals surface area contributed by atoms with Gasteiger partial charge in [-0.05, 0) is 19.1 Å². The summed E-state index contributed by atoms with van der Waals surface area (Å²) in [5.41, 5.74) is 0.573. The van der Waals surface area contributed by atoms with Crippen molar-refractivity contribution in [3.63, 3.8) is 0 Å². The smallest absolute Gasteiger partial charge is 0.169 e. The molecule has 1 rings (SSSR count). The summed E-state index contributed by atoms with van der Waals surface area (Å²) in [5.74, 6) is -0.0208. The highest BCUT2D eigenvalue weighted by Gasteiger charge is 2.07. The van der Waals surface area contributed by atoms with Gasteiger partial charge < -0.3 is 4.74 Å². The second-order valence-electron chi connectivity index (χ2n) is 2.19. The van der Waals surface area contributed by atoms with Gasteiger partial charge in [-0.1, -0.05) is 15.9 Å². The molecule has 0 aliphatic heterocycles. The first-order chi connectivity index (χ1) is 5.16. The van der Waals surface area contributed by atoms with Gasteiger partial charge in [-0.2, -0.15) is 0 Å². The van der Waals surface area contributed by atoms with Crippen molar-refractivity contribution in [2.75, 3.05) is 7.11 Å². The summed E-state index contributed by atoms with van der Waals surface area (Å²) < 4.78 is 18.7. The molecule has 0 saturated heterocycles. The Bertz CT molecular complexity index is 273. The largest absolute Gasteiger partial charge is 0.494 e. The lowest BCUT2D eigenvalue weighted by Gasteiger charge is -2.04. The van der Waals surface area contributed by atoms with E-state index in [9.17, 15) is 4.39 Å². The first-order valence-electron chi connectivity index (χ1n) is 3.15. The number of methoxy groups -OCH3 is 1. The van der Waals surface area contributed by atoms with Crippen molar-refractivity contribution >= 4 is 15.9 Å². The van der Waals surface area contributed by atoms with E-state index in [1.54, 1.807) is 19.1 Å². The topological polar surface area (TPSA) is 9.23 Å². The van der Waals surface area contributed by atoms with Gasteiger partial charge in [-0.15, -0.1) is 0 Å². The van der Waals surface area contributed by atoms with E-state index in [0.29, 0.717) is 5.56 Å². The molecule has 1 nitrogen and oxygen atoms in total. The maximum Gasteiger partial charge on any atom is 0.169 e. The Morgan fingerprint density at radius 3 is 2.64 bits per heavy atom. The SMILES string of the molecule is COc1ccc(Br)c(C)c1F. The minimum atomic E-state index is -0.304. The van der Waals surface area contributed by atoms with Gasteiger partial charge in [0.2, 0.25) is 0 Å². The van der Waals surface area contributed by atoms with E-state index in [1.807, 2.05) is 0 Å². The second kappa shape index (κ2) is 3.22. The van der Waals surface area contributed by atoms with Crippen LogP contribution in [0.4, 0.5) is 4.39 Å². The van der Waals surface area contributed by atoms with E-state index in [1.165, 1.54) is 7.11 Å². The Labute approximate surface area is 73.3 Å². The van der Waals surface area contributed by atoms with Gasteiger partial charge in [-0.25, -0.2) is 4.39 Å². The average molecular weight is 219 g/mol. The van der Waals surface area contributed by atoms with Crippen molar-refractivity contribution in [3.05, 3.63) is 28.0 Å². The lowest BCUT2D eigenvalue weighted by molar-refractivity contribution is 0.385. The van der Waals surface area contributed by atoms with Crippen LogP contribution in [0, 0.1) is 12.7 Å². The van der Waals surface area contributed by atoms with E-state index in [2.05, 4.69) is 15.9 Å². The van der Waals surface area contributed by atoms with Crippen LogP contribution in [0.5, 0.6) is 5.75 Å². The van der Waals surface area contributed by atoms with Crippen molar-refractivity contribution in [2.24, 2.45) is 0 Å². The molecule has 0 heterocycles. The maximum atomic E-state index is 13.1. The summed E-state index contributed by atoms with van der Waals surface area (Å²) in [5, 5.41) is 0. The summed E-state index contributed by atoms with van der Waals surface area (Å²) in [6.07, 6.45) is 0. The fourth-order valence-corrected chi connectivity index (χ4v) is 1.10. The lowest BCUT2D eigenvalue weighted by Crippen LogP contribution is -1.91. The molecule has 0 N–H and O–H groups in total. The lowest BCUT2D eigenvalue weighted by atomic mass is 10.2. The number of ether oxygens (including phenoxy) is 1. The highest BCUT2D eigenvalue weighted by Crippen LogP contribution is 2.25. The second-order valence-corrected chi connectivity index (χ2v) is 3.04. The molecule has 0 aromatic heterocycles. The van der Waals surface area contributed by atoms with Crippen molar-refractivity contribution < 1.29 is 9.13 Å². The fraction of sp³-hybridized carbons (Fsp3) is 0.250. The number of hydrogen-bond donors (Lipinski definition) is 0. The van der Waals surface area contributed by atoms with Crippen molar-refractivity contribution in [1.29, 1.82) is 0 Å². The third-order valence-electron chi connectivity index (χ3n) is 1.50. The van der Waals surface area contributed by atoms with Crippen LogP contribution in [-0.2, 0) is 0 Å². The average Bonchev–Trinajstić information content (AvgIpc) is 2.01. The molecule has 0 atom stereocenters. The Kier molecular flexibility index (Phi) is 2.49. The molecular formula is C8H8BrFO. The molecule has 0 aliphatic rings. The van der Waals surface area contributed by atoms with E-state index in [0.717, 1.165) is 4.47 Å². The summed E-state index contributed by atoms with van der Waals surface area (Å²) in [6.45, 7) is 1.70. The zero-order valence-corrected chi connectivity index (χ0v) is 7.90. The highest BCUT2D eigenvalue weighted by molar-refractivity contribution is 9.10. The zero-order valence-electron chi connectivity index (χ0n) is 6.32. The number of halogens is 2. The van der Waals surface area contributed by atoms with Crippen molar-refractivity contribution in [3.8, 4) is 5.75 Å². The predicted octanol–water partition coefficient (Wildman–Crippen LogP) is 2.91. The molecule has 11 heavy (non-hydrogen) atoms. The fourth-order valence-electron chi connectivity index (χ4n) is 0.794. The Morgan fingerprint density at radius 1 is 1.45 bits per heavy atom. The molecule has 1 aromatic rings. The number of hydrogen-bond acceptors (Lipinski definition) is 1. The van der Waals surface area contributed by atoms with Crippen LogP contribution in [0.15, 0.2) is 16.6 Å². The van der Waals surface area contributed by atoms with Gasteiger partial charge in [0.1, 0.15) is 0 Å². The Hall–Kier alpha value is -0.570. The quantitative estimate of drug-likeness (QED) is 0.705. The number of rotatable bonds is 1. The third kappa shape index (κ3) is 1.53. The standard InChI is InChI=1S/C8H8BrFO/c1-5-6(9)3-4-7(11-2)8(5)10/h3-4H,1-2H3. The summed E-state index contributed by atoms with van der Waals surface area (Å²) in [7, 11) is 1.45. The molecule has 60 valence electrons. The summed E-state index contributed by atoms with van der Waals surface area (Å²) in [4.78, 5) is 0. The third-order valence-corrected chi connectivity index (χ3v) is 2.36. The Balaban J connectivity index is 3.25. The van der Waals surface area contributed by atoms with Crippen LogP contribution in [0.25, 0.3) is 0 Å². The zero-order chi connectivity index (χ0) is 8.43. The van der Waals surface area contributed by atoms with Crippen LogP contribution >= 0.6 is 15.9 Å². The molecular weight excluding hydrogens is 211 g/mol. The summed E-state index contributed by atoms with van der Waals surface area (Å²) >= 11 is 3.21. The van der Waals surface area contributed by atoms with Crippen LogP contribution in [0.3, 0.4) is 0 Å². The van der Waals surface area contributed by atoms with Gasteiger partial charge in [0.15, 0.2) is 11.6 Å². The molecule has 0 aliphatic carbocycles. The molecule has 0 bridgehead atoms. The minimum Gasteiger partial charge on any atom is -0.494 e. The van der Waals surface area contributed by atoms with Gasteiger partial charge in [0, 0.05) is 10.0 Å². The predicted molar refractivity (Wildman–Crippen MR) is 45.4 cm³/mol. The molecule has 0 saturated carbocycles. The first-order valence-corrected chi connectivity index (χ1v) is 3.94. The molecule has 0 amide bonds. The highest BCUT2D eigenvalue weighted by atomic mass is 79.9.